The minimum atomic E-state index is -0.819. The molecule has 1 aliphatic carbocycles. The van der Waals surface area contributed by atoms with Crippen LogP contribution in [0.5, 0.6) is 0 Å². The molecule has 0 N–H and O–H groups in total. The average Bonchev–Trinajstić information content (AvgIpc) is 3.19. The molecule has 1 atom stereocenters. The number of carbonyl (C=O) groups excluding carboxylic acids is 2. The summed E-state index contributed by atoms with van der Waals surface area (Å²) in [6, 6.07) is 9.32. The number of carbonyl (C=O) groups is 2. The molecule has 0 unspecified atom stereocenters. The summed E-state index contributed by atoms with van der Waals surface area (Å²) in [5.41, 5.74) is 3.14. The number of hydrogen-bond donors (Lipinski definition) is 0. The number of furan rings is 1. The normalized spacial score (nSPS) is 14.6. The van der Waals surface area contributed by atoms with Crippen molar-refractivity contribution in [1.29, 1.82) is 0 Å². The number of Topliss-reactive ketones (excluding diaryl/α,β-unsaturated/α-hetero) is 1. The van der Waals surface area contributed by atoms with E-state index in [1.54, 1.807) is 13.0 Å². The lowest BCUT2D eigenvalue weighted by Crippen LogP contribution is -2.23. The number of aryl methyl sites for hydroxylation is 3. The van der Waals surface area contributed by atoms with Crippen molar-refractivity contribution < 1.29 is 18.7 Å². The maximum Gasteiger partial charge on any atom is 0.331 e. The summed E-state index contributed by atoms with van der Waals surface area (Å²) in [5, 5.41) is 0. The van der Waals surface area contributed by atoms with E-state index in [1.807, 2.05) is 31.2 Å². The van der Waals surface area contributed by atoms with Crippen LogP contribution in [0.1, 0.15) is 46.3 Å². The molecule has 1 aliphatic rings. The van der Waals surface area contributed by atoms with E-state index in [-0.39, 0.29) is 5.78 Å². The van der Waals surface area contributed by atoms with Gasteiger partial charge in [-0.2, -0.15) is 0 Å². The van der Waals surface area contributed by atoms with Crippen molar-refractivity contribution in [2.75, 3.05) is 0 Å². The van der Waals surface area contributed by atoms with Gasteiger partial charge in [0.05, 0.1) is 0 Å². The van der Waals surface area contributed by atoms with Crippen LogP contribution >= 0.6 is 0 Å². The highest BCUT2D eigenvalue weighted by Gasteiger charge is 2.20. The van der Waals surface area contributed by atoms with Gasteiger partial charge >= 0.3 is 5.97 Å². The molecule has 0 aliphatic heterocycles. The van der Waals surface area contributed by atoms with E-state index in [0.717, 1.165) is 25.0 Å². The van der Waals surface area contributed by atoms with Crippen molar-refractivity contribution in [3.63, 3.8) is 0 Å². The molecule has 1 heterocycles. The predicted octanol–water partition coefficient (Wildman–Crippen LogP) is 3.90. The molecule has 1 aromatic heterocycles. The summed E-state index contributed by atoms with van der Waals surface area (Å²) in [6.45, 7) is 3.42. The summed E-state index contributed by atoms with van der Waals surface area (Å²) in [6.07, 6.45) is 5.20. The molecule has 124 valence electrons. The van der Waals surface area contributed by atoms with Crippen LogP contribution < -0.4 is 0 Å². The van der Waals surface area contributed by atoms with E-state index >= 15 is 0 Å². The Morgan fingerprint density at radius 3 is 2.71 bits per heavy atom. The van der Waals surface area contributed by atoms with Crippen molar-refractivity contribution >= 4 is 17.8 Å². The van der Waals surface area contributed by atoms with Crippen molar-refractivity contribution in [2.45, 2.75) is 39.2 Å². The zero-order valence-electron chi connectivity index (χ0n) is 13.9. The highest BCUT2D eigenvalue weighted by Crippen LogP contribution is 2.23. The lowest BCUT2D eigenvalue weighted by molar-refractivity contribution is -0.140. The second-order valence-corrected chi connectivity index (χ2v) is 6.06. The Bertz CT molecular complexity index is 798. The van der Waals surface area contributed by atoms with Crippen molar-refractivity contribution in [3.05, 3.63) is 64.6 Å². The first-order valence-corrected chi connectivity index (χ1v) is 8.14. The Hall–Kier alpha value is -2.62. The highest BCUT2D eigenvalue weighted by molar-refractivity contribution is 6.01. The molecule has 4 nitrogen and oxygen atoms in total. The third-order valence-corrected chi connectivity index (χ3v) is 4.19. The third kappa shape index (κ3) is 3.65. The summed E-state index contributed by atoms with van der Waals surface area (Å²) >= 11 is 0. The average molecular weight is 324 g/mol. The molecule has 0 saturated carbocycles. The van der Waals surface area contributed by atoms with Gasteiger partial charge in [0.1, 0.15) is 11.5 Å². The first-order chi connectivity index (χ1) is 11.5. The number of esters is 1. The van der Waals surface area contributed by atoms with Gasteiger partial charge in [-0.25, -0.2) is 4.79 Å². The Labute approximate surface area is 141 Å². The Morgan fingerprint density at radius 1 is 1.17 bits per heavy atom. The number of fused-ring (bicyclic) bond motifs is 1. The number of rotatable bonds is 5. The minimum Gasteiger partial charge on any atom is -0.462 e. The molecule has 0 saturated heterocycles. The second-order valence-electron chi connectivity index (χ2n) is 6.06. The largest absolute Gasteiger partial charge is 0.462 e. The van der Waals surface area contributed by atoms with E-state index in [1.165, 1.54) is 23.3 Å². The first-order valence-electron chi connectivity index (χ1n) is 8.14. The van der Waals surface area contributed by atoms with Crippen LogP contribution in [0.25, 0.3) is 6.08 Å². The van der Waals surface area contributed by atoms with Gasteiger partial charge in [-0.3, -0.25) is 4.79 Å². The quantitative estimate of drug-likeness (QED) is 0.475. The van der Waals surface area contributed by atoms with Gasteiger partial charge in [0.25, 0.3) is 0 Å². The first kappa shape index (κ1) is 16.2. The molecule has 0 fully saturated rings. The van der Waals surface area contributed by atoms with E-state index < -0.39 is 12.1 Å². The van der Waals surface area contributed by atoms with Crippen molar-refractivity contribution in [3.8, 4) is 0 Å². The molecule has 0 bridgehead atoms. The molecular weight excluding hydrogens is 304 g/mol. The Balaban J connectivity index is 1.61. The smallest absolute Gasteiger partial charge is 0.331 e. The molecular formula is C20H20O4. The van der Waals surface area contributed by atoms with Crippen LogP contribution in [0.4, 0.5) is 0 Å². The minimum absolute atomic E-state index is 0.180. The molecule has 3 rings (SSSR count). The predicted molar refractivity (Wildman–Crippen MR) is 90.8 cm³/mol. The molecule has 24 heavy (non-hydrogen) atoms. The zero-order valence-corrected chi connectivity index (χ0v) is 13.9. The fourth-order valence-electron chi connectivity index (χ4n) is 2.92. The number of benzene rings is 1. The van der Waals surface area contributed by atoms with Gasteiger partial charge in [-0.05, 0) is 68.5 Å². The number of ether oxygens (including phenoxy) is 1. The van der Waals surface area contributed by atoms with Gasteiger partial charge in [-0.1, -0.05) is 12.1 Å². The third-order valence-electron chi connectivity index (χ3n) is 4.19. The fourth-order valence-corrected chi connectivity index (χ4v) is 2.92. The van der Waals surface area contributed by atoms with Gasteiger partial charge in [0.15, 0.2) is 6.10 Å². The molecule has 0 amide bonds. The van der Waals surface area contributed by atoms with Crippen LogP contribution in [0.15, 0.2) is 40.8 Å². The second kappa shape index (κ2) is 6.87. The zero-order chi connectivity index (χ0) is 17.1. The number of ketones is 1. The highest BCUT2D eigenvalue weighted by atomic mass is 16.5. The van der Waals surface area contributed by atoms with Gasteiger partial charge in [-0.15, -0.1) is 0 Å². The summed E-state index contributed by atoms with van der Waals surface area (Å²) in [4.78, 5) is 24.3. The topological polar surface area (TPSA) is 56.5 Å². The Kier molecular flexibility index (Phi) is 4.65. The molecule has 0 radical (unpaired) electrons. The van der Waals surface area contributed by atoms with Crippen molar-refractivity contribution in [2.24, 2.45) is 0 Å². The van der Waals surface area contributed by atoms with Crippen LogP contribution in [-0.4, -0.2) is 17.9 Å². The number of hydrogen-bond acceptors (Lipinski definition) is 4. The molecule has 1 aromatic carbocycles. The van der Waals surface area contributed by atoms with Crippen LogP contribution in [0, 0.1) is 6.92 Å². The van der Waals surface area contributed by atoms with Crippen LogP contribution in [0.3, 0.4) is 0 Å². The van der Waals surface area contributed by atoms with E-state index in [0.29, 0.717) is 11.3 Å². The van der Waals surface area contributed by atoms with Gasteiger partial charge in [0.2, 0.25) is 5.78 Å². The van der Waals surface area contributed by atoms with Gasteiger partial charge < -0.3 is 9.15 Å². The lowest BCUT2D eigenvalue weighted by Gasteiger charge is -2.11. The maximum absolute atomic E-state index is 12.4. The van der Waals surface area contributed by atoms with Gasteiger partial charge in [0, 0.05) is 11.6 Å². The van der Waals surface area contributed by atoms with E-state index in [9.17, 15) is 9.59 Å². The van der Waals surface area contributed by atoms with Crippen LogP contribution in [-0.2, 0) is 22.4 Å². The fraction of sp³-hybridized carbons (Fsp3) is 0.300. The van der Waals surface area contributed by atoms with Crippen LogP contribution in [0.2, 0.25) is 0 Å². The SMILES string of the molecule is Cc1ccc(/C=C\C(=O)O[C@@H](C)C(=O)c2ccc3c(c2)CCC3)o1. The lowest BCUT2D eigenvalue weighted by atomic mass is 10.0. The summed E-state index contributed by atoms with van der Waals surface area (Å²) < 4.78 is 10.5. The standard InChI is InChI=1S/C20H20O4/c1-13-6-9-18(23-13)10-11-19(21)24-14(2)20(22)17-8-7-15-4-3-5-16(15)12-17/h6-12,14H,3-5H2,1-2H3/b11-10-/t14-/m0/s1. The van der Waals surface area contributed by atoms with Crippen molar-refractivity contribution in [1.82, 2.24) is 0 Å². The van der Waals surface area contributed by atoms with E-state index in [2.05, 4.69) is 0 Å². The molecule has 0 spiro atoms. The molecule has 4 heteroatoms. The summed E-state index contributed by atoms with van der Waals surface area (Å²) in [5.74, 6) is 0.594. The molecule has 2 aromatic rings. The Morgan fingerprint density at radius 2 is 1.96 bits per heavy atom. The monoisotopic (exact) mass is 324 g/mol. The maximum atomic E-state index is 12.4. The van der Waals surface area contributed by atoms with E-state index in [4.69, 9.17) is 9.15 Å². The summed E-state index contributed by atoms with van der Waals surface area (Å²) in [7, 11) is 0.